The van der Waals surface area contributed by atoms with Crippen LogP contribution in [0, 0.1) is 6.92 Å². The predicted molar refractivity (Wildman–Crippen MR) is 133 cm³/mol. The molecule has 0 bridgehead atoms. The highest BCUT2D eigenvalue weighted by Crippen LogP contribution is 2.23. The number of aromatic amines is 1. The van der Waals surface area contributed by atoms with Crippen molar-refractivity contribution in [2.75, 3.05) is 11.5 Å². The summed E-state index contributed by atoms with van der Waals surface area (Å²) in [6.07, 6.45) is 0.600. The number of aromatic nitrogens is 4. The van der Waals surface area contributed by atoms with Crippen molar-refractivity contribution in [3.05, 3.63) is 90.8 Å². The molecule has 34 heavy (non-hydrogen) atoms. The van der Waals surface area contributed by atoms with E-state index in [0.717, 1.165) is 17.3 Å². The largest absolute Gasteiger partial charge is 0.384 e. The Balaban J connectivity index is 1.77. The van der Waals surface area contributed by atoms with E-state index in [1.807, 2.05) is 38.1 Å². The molecule has 3 N–H and O–H groups in total. The number of carbonyl (C=O) groups is 1. The van der Waals surface area contributed by atoms with Gasteiger partial charge < -0.3 is 5.73 Å². The number of carbonyl (C=O) groups excluding carboxylic acids is 1. The first kappa shape index (κ1) is 23.2. The first-order valence-corrected chi connectivity index (χ1v) is 11.7. The van der Waals surface area contributed by atoms with Gasteiger partial charge in [-0.15, -0.1) is 0 Å². The van der Waals surface area contributed by atoms with E-state index in [1.54, 1.807) is 24.3 Å². The lowest BCUT2D eigenvalue weighted by molar-refractivity contribution is 0.102. The van der Waals surface area contributed by atoms with Crippen LogP contribution in [0.2, 0.25) is 0 Å². The molecule has 0 aliphatic rings. The monoisotopic (exact) mass is 477 g/mol. The fourth-order valence-corrected chi connectivity index (χ4v) is 4.52. The number of fused-ring (bicyclic) bond motifs is 1. The van der Waals surface area contributed by atoms with Crippen molar-refractivity contribution in [3.63, 3.8) is 0 Å². The van der Waals surface area contributed by atoms with Crippen LogP contribution in [0.25, 0.3) is 16.6 Å². The number of nitrogens with two attached hydrogens (primary N) is 1. The molecule has 0 fully saturated rings. The average Bonchev–Trinajstić information content (AvgIpc) is 2.81. The van der Waals surface area contributed by atoms with Gasteiger partial charge in [-0.25, -0.2) is 9.78 Å². The summed E-state index contributed by atoms with van der Waals surface area (Å²) in [6.45, 7) is 4.07. The number of aryl methyl sites for hydroxylation is 1. The van der Waals surface area contributed by atoms with Gasteiger partial charge in [0, 0.05) is 6.54 Å². The molecule has 0 aliphatic heterocycles. The summed E-state index contributed by atoms with van der Waals surface area (Å²) < 4.78 is 2.63. The Morgan fingerprint density at radius 3 is 2.50 bits per heavy atom. The lowest BCUT2D eigenvalue weighted by Gasteiger charge is -2.14. The van der Waals surface area contributed by atoms with Gasteiger partial charge in [-0.2, -0.15) is 0 Å². The molecule has 0 atom stereocenters. The van der Waals surface area contributed by atoms with E-state index in [1.165, 1.54) is 9.13 Å². The van der Waals surface area contributed by atoms with Crippen LogP contribution < -0.4 is 22.5 Å². The Bertz CT molecular complexity index is 1570. The maximum absolute atomic E-state index is 13.3. The lowest BCUT2D eigenvalue weighted by Crippen LogP contribution is -2.36. The molecular weight excluding hydrogens is 454 g/mol. The summed E-state index contributed by atoms with van der Waals surface area (Å²) in [7, 11) is 0. The Morgan fingerprint density at radius 2 is 1.79 bits per heavy atom. The van der Waals surface area contributed by atoms with Crippen LogP contribution in [0.3, 0.4) is 0 Å². The zero-order valence-corrected chi connectivity index (χ0v) is 19.5. The molecule has 10 heteroatoms. The van der Waals surface area contributed by atoms with Crippen LogP contribution in [-0.4, -0.2) is 30.6 Å². The smallest absolute Gasteiger partial charge is 0.329 e. The minimum absolute atomic E-state index is 0.163. The number of anilines is 1. The van der Waals surface area contributed by atoms with Crippen molar-refractivity contribution < 1.29 is 4.79 Å². The van der Waals surface area contributed by atoms with Gasteiger partial charge in [0.05, 0.1) is 22.3 Å². The molecule has 0 unspecified atom stereocenters. The van der Waals surface area contributed by atoms with Gasteiger partial charge in [-0.05, 0) is 37.6 Å². The van der Waals surface area contributed by atoms with Crippen molar-refractivity contribution in [2.45, 2.75) is 32.0 Å². The van der Waals surface area contributed by atoms with Crippen molar-refractivity contribution in [3.8, 4) is 5.69 Å². The van der Waals surface area contributed by atoms with Crippen LogP contribution in [0.15, 0.2) is 68.1 Å². The molecule has 2 heterocycles. The summed E-state index contributed by atoms with van der Waals surface area (Å²) in [6, 6.07) is 14.4. The minimum atomic E-state index is -0.831. The highest BCUT2D eigenvalue weighted by atomic mass is 32.2. The van der Waals surface area contributed by atoms with E-state index in [9.17, 15) is 19.2 Å². The third-order valence-corrected chi connectivity index (χ3v) is 6.27. The number of thioether (sulfide) groups is 1. The molecule has 2 aromatic carbocycles. The van der Waals surface area contributed by atoms with Crippen molar-refractivity contribution in [2.24, 2.45) is 0 Å². The number of Topliss-reactive ketones (excluding diaryl/α,β-unsaturated/α-hetero) is 1. The van der Waals surface area contributed by atoms with Gasteiger partial charge in [-0.3, -0.25) is 28.5 Å². The molecule has 174 valence electrons. The second kappa shape index (κ2) is 9.52. The van der Waals surface area contributed by atoms with Gasteiger partial charge in [0.15, 0.2) is 10.9 Å². The number of hydrogen-bond acceptors (Lipinski definition) is 7. The zero-order chi connectivity index (χ0) is 24.4. The number of para-hydroxylation sites is 1. The molecule has 0 saturated heterocycles. The van der Waals surface area contributed by atoms with Gasteiger partial charge in [-0.1, -0.05) is 48.5 Å². The predicted octanol–water partition coefficient (Wildman–Crippen LogP) is 2.51. The topological polar surface area (TPSA) is 133 Å². The van der Waals surface area contributed by atoms with Crippen LogP contribution in [-0.2, 0) is 6.54 Å². The molecule has 2 aromatic heterocycles. The number of rotatable bonds is 7. The zero-order valence-electron chi connectivity index (χ0n) is 18.7. The van der Waals surface area contributed by atoms with E-state index in [4.69, 9.17) is 5.73 Å². The molecule has 0 spiro atoms. The lowest BCUT2D eigenvalue weighted by atomic mass is 10.2. The van der Waals surface area contributed by atoms with Gasteiger partial charge in [0.25, 0.3) is 11.1 Å². The highest BCUT2D eigenvalue weighted by Gasteiger charge is 2.21. The number of hydrogen-bond donors (Lipinski definition) is 2. The fraction of sp³-hybridized carbons (Fsp3) is 0.208. The Morgan fingerprint density at radius 1 is 1.09 bits per heavy atom. The molecule has 0 aliphatic carbocycles. The molecule has 4 aromatic rings. The summed E-state index contributed by atoms with van der Waals surface area (Å²) in [5.41, 5.74) is 6.14. The summed E-state index contributed by atoms with van der Waals surface area (Å²) in [4.78, 5) is 57.5. The van der Waals surface area contributed by atoms with Gasteiger partial charge in [0.1, 0.15) is 11.4 Å². The van der Waals surface area contributed by atoms with E-state index >= 15 is 0 Å². The second-order valence-corrected chi connectivity index (χ2v) is 8.71. The first-order chi connectivity index (χ1) is 16.3. The Hall–Kier alpha value is -3.92. The number of H-pyrrole nitrogens is 1. The van der Waals surface area contributed by atoms with Crippen molar-refractivity contribution in [1.82, 2.24) is 19.1 Å². The average molecular weight is 478 g/mol. The van der Waals surface area contributed by atoms with Crippen LogP contribution in [0.1, 0.15) is 29.3 Å². The molecule has 4 rings (SSSR count). The minimum Gasteiger partial charge on any atom is -0.384 e. The number of nitrogen functional groups attached to an aromatic ring is 1. The number of nitrogens with zero attached hydrogens (tertiary/aromatic N) is 3. The summed E-state index contributed by atoms with van der Waals surface area (Å²) in [5, 5.41) is 0.754. The van der Waals surface area contributed by atoms with Crippen molar-refractivity contribution in [1.29, 1.82) is 0 Å². The number of benzene rings is 2. The maximum Gasteiger partial charge on any atom is 0.329 e. The molecular formula is C24H23N5O4S. The summed E-state index contributed by atoms with van der Waals surface area (Å²) >= 11 is 1.03. The normalized spacial score (nSPS) is 11.1. The van der Waals surface area contributed by atoms with E-state index in [0.29, 0.717) is 28.2 Å². The third-order valence-electron chi connectivity index (χ3n) is 5.34. The third kappa shape index (κ3) is 4.32. The Kier molecular flexibility index (Phi) is 6.51. The maximum atomic E-state index is 13.3. The van der Waals surface area contributed by atoms with Gasteiger partial charge >= 0.3 is 5.69 Å². The van der Waals surface area contributed by atoms with E-state index in [2.05, 4.69) is 9.97 Å². The van der Waals surface area contributed by atoms with Gasteiger partial charge in [0.2, 0.25) is 0 Å². The molecule has 9 nitrogen and oxygen atoms in total. The first-order valence-electron chi connectivity index (χ1n) is 10.7. The fourth-order valence-electron chi connectivity index (χ4n) is 3.64. The summed E-state index contributed by atoms with van der Waals surface area (Å²) in [5.74, 6) is -0.927. The SMILES string of the molecule is CCCn1c(N)c(C(=O)CSc2nc3ccccc3c(=O)n2-c2ccc(C)cc2)c(=O)[nH]c1=O. The number of ketones is 1. The molecule has 0 saturated carbocycles. The molecule has 0 radical (unpaired) electrons. The van der Waals surface area contributed by atoms with Crippen LogP contribution >= 0.6 is 11.8 Å². The standard InChI is InChI=1S/C24H23N5O4S/c1-3-12-28-20(25)19(21(31)27-23(28)33)18(30)13-34-24-26-17-7-5-4-6-16(17)22(32)29(24)15-10-8-14(2)9-11-15/h4-11H,3,12-13,25H2,1-2H3,(H,27,31,33). The Labute approximate surface area is 198 Å². The number of nitrogens with one attached hydrogen (secondary N) is 1. The molecule has 0 amide bonds. The van der Waals surface area contributed by atoms with E-state index in [-0.39, 0.29) is 29.2 Å². The highest BCUT2D eigenvalue weighted by molar-refractivity contribution is 7.99. The second-order valence-electron chi connectivity index (χ2n) is 7.77. The van der Waals surface area contributed by atoms with E-state index < -0.39 is 17.0 Å². The quantitative estimate of drug-likeness (QED) is 0.237. The van der Waals surface area contributed by atoms with Crippen LogP contribution in [0.5, 0.6) is 0 Å². The van der Waals surface area contributed by atoms with Crippen molar-refractivity contribution >= 4 is 34.3 Å². The van der Waals surface area contributed by atoms with Crippen LogP contribution in [0.4, 0.5) is 5.82 Å².